The Balaban J connectivity index is 1.47. The van der Waals surface area contributed by atoms with Crippen LogP contribution in [0.5, 0.6) is 5.88 Å². The van der Waals surface area contributed by atoms with Crippen LogP contribution in [0.1, 0.15) is 31.2 Å². The van der Waals surface area contributed by atoms with Crippen molar-refractivity contribution in [1.29, 1.82) is 0 Å². The van der Waals surface area contributed by atoms with Crippen LogP contribution < -0.4 is 15.4 Å². The van der Waals surface area contributed by atoms with Crippen LogP contribution in [-0.2, 0) is 6.54 Å². The third-order valence-electron chi connectivity index (χ3n) is 5.15. The molecule has 1 aromatic carbocycles. The summed E-state index contributed by atoms with van der Waals surface area (Å²) in [4.78, 5) is 11.3. The average molecular weight is 588 g/mol. The monoisotopic (exact) mass is 588 g/mol. The summed E-state index contributed by atoms with van der Waals surface area (Å²) in [5, 5.41) is 18.0. The lowest BCUT2D eigenvalue weighted by molar-refractivity contribution is 0.252. The zero-order chi connectivity index (χ0) is 24.6. The van der Waals surface area contributed by atoms with Crippen LogP contribution in [0, 0.1) is 0 Å². The summed E-state index contributed by atoms with van der Waals surface area (Å²) >= 11 is 2.32. The van der Waals surface area contributed by atoms with Gasteiger partial charge < -0.3 is 19.9 Å². The molecule has 4 aromatic rings. The Labute approximate surface area is 218 Å². The predicted molar refractivity (Wildman–Crippen MR) is 144 cm³/mol. The van der Waals surface area contributed by atoms with E-state index in [-0.39, 0.29) is 0 Å². The quantitative estimate of drug-likeness (QED) is 0.119. The van der Waals surface area contributed by atoms with Crippen molar-refractivity contribution in [2.24, 2.45) is 0 Å². The molecule has 0 unspecified atom stereocenters. The fourth-order valence-electron chi connectivity index (χ4n) is 3.14. The smallest absolute Gasteiger partial charge is 0.228 e. The highest BCUT2D eigenvalue weighted by Crippen LogP contribution is 2.23. The Kier molecular flexibility index (Phi) is 8.53. The molecule has 0 atom stereocenters. The van der Waals surface area contributed by atoms with E-state index < -0.39 is 0 Å². The normalized spacial score (nSPS) is 11.3. The number of H-pyrrole nitrogens is 1. The van der Waals surface area contributed by atoms with Gasteiger partial charge in [-0.1, -0.05) is 71.9 Å². The van der Waals surface area contributed by atoms with Gasteiger partial charge in [-0.05, 0) is 13.0 Å². The number of hydrogen-bond acceptors (Lipinski definition) is 9. The van der Waals surface area contributed by atoms with Gasteiger partial charge in [0.2, 0.25) is 11.8 Å². The van der Waals surface area contributed by atoms with Crippen molar-refractivity contribution in [3.63, 3.8) is 0 Å². The molecule has 0 fully saturated rings. The molecule has 11 heteroatoms. The van der Waals surface area contributed by atoms with Crippen molar-refractivity contribution >= 4 is 40.2 Å². The number of aromatic amines is 1. The second-order valence-electron chi connectivity index (χ2n) is 8.35. The first-order valence-corrected chi connectivity index (χ1v) is 12.9. The zero-order valence-electron chi connectivity index (χ0n) is 20.0. The van der Waals surface area contributed by atoms with E-state index in [2.05, 4.69) is 77.3 Å². The summed E-state index contributed by atoms with van der Waals surface area (Å²) in [6.45, 7) is 5.89. The molecule has 3 N–H and O–H groups in total. The van der Waals surface area contributed by atoms with Crippen LogP contribution in [-0.4, -0.2) is 55.0 Å². The molecule has 0 aliphatic rings. The molecule has 4 rings (SSSR count). The van der Waals surface area contributed by atoms with Crippen molar-refractivity contribution < 1.29 is 9.26 Å². The van der Waals surface area contributed by atoms with E-state index in [1.54, 1.807) is 6.07 Å². The summed E-state index contributed by atoms with van der Waals surface area (Å²) < 4.78 is 12.3. The summed E-state index contributed by atoms with van der Waals surface area (Å²) in [6.07, 6.45) is 0. The van der Waals surface area contributed by atoms with E-state index in [0.717, 1.165) is 28.0 Å². The highest BCUT2D eigenvalue weighted by atomic mass is 127. The first kappa shape index (κ1) is 24.9. The lowest BCUT2D eigenvalue weighted by Gasteiger charge is -2.14. The average Bonchev–Trinajstić information content (AvgIpc) is 3.53. The van der Waals surface area contributed by atoms with E-state index in [4.69, 9.17) is 9.26 Å². The molecule has 35 heavy (non-hydrogen) atoms. The third kappa shape index (κ3) is 7.15. The molecular weight excluding hydrogens is 559 g/mol. The van der Waals surface area contributed by atoms with Crippen molar-refractivity contribution in [1.82, 2.24) is 30.2 Å². The van der Waals surface area contributed by atoms with Crippen molar-refractivity contribution in [2.75, 3.05) is 35.4 Å². The third-order valence-corrected chi connectivity index (χ3v) is 6.32. The number of likely N-dealkylation sites (N-methyl/N-ethyl adjacent to an activating group) is 1. The van der Waals surface area contributed by atoms with Gasteiger partial charge in [0.1, 0.15) is 18.1 Å². The molecule has 0 aliphatic heterocycles. The van der Waals surface area contributed by atoms with Gasteiger partial charge in [0.25, 0.3) is 0 Å². The molecule has 0 amide bonds. The number of aromatic nitrogens is 5. The minimum atomic E-state index is 0.345. The summed E-state index contributed by atoms with van der Waals surface area (Å²) in [7, 11) is 2.04. The Morgan fingerprint density at radius 1 is 1.11 bits per heavy atom. The maximum atomic E-state index is 5.91. The topological polar surface area (TPSA) is 117 Å². The molecule has 184 valence electrons. The van der Waals surface area contributed by atoms with E-state index in [0.29, 0.717) is 48.3 Å². The lowest BCUT2D eigenvalue weighted by atomic mass is 10.1. The number of nitrogens with zero attached hydrogens (tertiary/aromatic N) is 5. The molecule has 0 aliphatic carbocycles. The van der Waals surface area contributed by atoms with Crippen LogP contribution in [0.15, 0.2) is 53.1 Å². The van der Waals surface area contributed by atoms with Crippen LogP contribution in [0.4, 0.5) is 17.6 Å². The van der Waals surface area contributed by atoms with Crippen LogP contribution in [0.25, 0.3) is 11.3 Å². The van der Waals surface area contributed by atoms with E-state index in [1.165, 1.54) is 0 Å². The van der Waals surface area contributed by atoms with Gasteiger partial charge in [0.05, 0.1) is 11.1 Å². The van der Waals surface area contributed by atoms with Gasteiger partial charge in [-0.25, -0.2) is 0 Å². The van der Waals surface area contributed by atoms with Gasteiger partial charge in [-0.3, -0.25) is 10.00 Å². The van der Waals surface area contributed by atoms with Gasteiger partial charge in [-0.2, -0.15) is 15.1 Å². The number of anilines is 3. The zero-order valence-corrected chi connectivity index (χ0v) is 22.1. The number of halogens is 1. The maximum absolute atomic E-state index is 5.91. The predicted octanol–water partition coefficient (Wildman–Crippen LogP) is 5.04. The van der Waals surface area contributed by atoms with Crippen LogP contribution in [0.3, 0.4) is 0 Å². The molecule has 0 spiro atoms. The Hall–Kier alpha value is -3.19. The molecule has 0 bridgehead atoms. The Bertz CT molecular complexity index is 1210. The van der Waals surface area contributed by atoms with Crippen molar-refractivity contribution in [3.05, 3.63) is 60.0 Å². The number of nitrogens with one attached hydrogen (secondary N) is 3. The second kappa shape index (κ2) is 12.0. The number of benzene rings is 1. The molecule has 3 heterocycles. The maximum Gasteiger partial charge on any atom is 0.228 e. The standard InChI is InChI=1S/C24H29IN8O2/c1-16(2)19-12-22(31-30-19)27-21-13-23(34-10-9-33(3)15-25)29-24(28-21)26-14-18-11-20(32-35-18)17-7-5-4-6-8-17/h4-8,11-13,16H,9-10,14-15H2,1-3H3,(H3,26,27,28,29,30,31). The summed E-state index contributed by atoms with van der Waals surface area (Å²) in [5.74, 6) is 3.14. The molecule has 10 nitrogen and oxygen atoms in total. The molecule has 0 radical (unpaired) electrons. The van der Waals surface area contributed by atoms with Gasteiger partial charge >= 0.3 is 0 Å². The first-order chi connectivity index (χ1) is 17.0. The van der Waals surface area contributed by atoms with Crippen LogP contribution in [0.2, 0.25) is 0 Å². The van der Waals surface area contributed by atoms with E-state index >= 15 is 0 Å². The molecular formula is C24H29IN8O2. The summed E-state index contributed by atoms with van der Waals surface area (Å²) in [5.41, 5.74) is 2.82. The molecule has 0 saturated carbocycles. The fourth-order valence-corrected chi connectivity index (χ4v) is 3.48. The van der Waals surface area contributed by atoms with Gasteiger partial charge in [0.15, 0.2) is 11.6 Å². The Morgan fingerprint density at radius 2 is 1.94 bits per heavy atom. The highest BCUT2D eigenvalue weighted by molar-refractivity contribution is 14.1. The minimum Gasteiger partial charge on any atom is -0.476 e. The van der Waals surface area contributed by atoms with E-state index in [1.807, 2.05) is 49.5 Å². The number of ether oxygens (including phenoxy) is 1. The SMILES string of the molecule is CC(C)c1cc(Nc2cc(OCCN(C)CI)nc(NCc3cc(-c4ccccc4)no3)n2)n[nH]1. The molecule has 0 saturated heterocycles. The van der Waals surface area contributed by atoms with Crippen LogP contribution >= 0.6 is 22.6 Å². The highest BCUT2D eigenvalue weighted by Gasteiger charge is 2.12. The van der Waals surface area contributed by atoms with Crippen molar-refractivity contribution in [2.45, 2.75) is 26.3 Å². The first-order valence-electron chi connectivity index (χ1n) is 11.3. The fraction of sp³-hybridized carbons (Fsp3) is 0.333. The Morgan fingerprint density at radius 3 is 2.69 bits per heavy atom. The van der Waals surface area contributed by atoms with Gasteiger partial charge in [-0.15, -0.1) is 0 Å². The lowest BCUT2D eigenvalue weighted by Crippen LogP contribution is -2.22. The van der Waals surface area contributed by atoms with Gasteiger partial charge in [0, 0.05) is 36.0 Å². The van der Waals surface area contributed by atoms with Crippen molar-refractivity contribution in [3.8, 4) is 17.1 Å². The second-order valence-corrected chi connectivity index (χ2v) is 9.03. The minimum absolute atomic E-state index is 0.345. The summed E-state index contributed by atoms with van der Waals surface area (Å²) in [6, 6.07) is 15.5. The number of alkyl halides is 1. The van der Waals surface area contributed by atoms with E-state index in [9.17, 15) is 0 Å². The number of rotatable bonds is 12. The largest absolute Gasteiger partial charge is 0.476 e. The number of hydrogen-bond donors (Lipinski definition) is 3. The molecule has 3 aromatic heterocycles.